The number of methoxy groups -OCH3 is 3. The number of nitrogens with one attached hydrogen (secondary N) is 1. The zero-order valence-corrected chi connectivity index (χ0v) is 13.3. The standard InChI is InChI=1S/C16H25NO4/c1-17-15(16(20-4)7-9-21-10-8-16)12-5-6-13(18-2)14(11-12)19-3/h5-6,11,15,17H,7-10H2,1-4H3. The van der Waals surface area contributed by atoms with Crippen LogP contribution in [0.3, 0.4) is 0 Å². The largest absolute Gasteiger partial charge is 0.493 e. The Morgan fingerprint density at radius 1 is 1.10 bits per heavy atom. The van der Waals surface area contributed by atoms with Crippen molar-refractivity contribution in [3.8, 4) is 11.5 Å². The van der Waals surface area contributed by atoms with E-state index in [0.29, 0.717) is 0 Å². The number of hydrogen-bond donors (Lipinski definition) is 1. The van der Waals surface area contributed by atoms with Crippen LogP contribution >= 0.6 is 0 Å². The van der Waals surface area contributed by atoms with Crippen molar-refractivity contribution < 1.29 is 18.9 Å². The summed E-state index contributed by atoms with van der Waals surface area (Å²) < 4.78 is 22.1. The van der Waals surface area contributed by atoms with Gasteiger partial charge in [0.15, 0.2) is 11.5 Å². The third-order valence-corrected chi connectivity index (χ3v) is 4.30. The first-order valence-corrected chi connectivity index (χ1v) is 7.23. The van der Waals surface area contributed by atoms with Crippen molar-refractivity contribution in [1.82, 2.24) is 5.32 Å². The zero-order chi connectivity index (χ0) is 15.3. The molecule has 0 spiro atoms. The van der Waals surface area contributed by atoms with Crippen LogP contribution in [0.1, 0.15) is 24.4 Å². The van der Waals surface area contributed by atoms with Crippen LogP contribution in [0.25, 0.3) is 0 Å². The molecule has 5 nitrogen and oxygen atoms in total. The molecule has 1 aromatic rings. The van der Waals surface area contributed by atoms with E-state index in [9.17, 15) is 0 Å². The minimum atomic E-state index is -0.257. The van der Waals surface area contributed by atoms with Gasteiger partial charge in [0.05, 0.1) is 25.9 Å². The molecule has 2 rings (SSSR count). The molecule has 0 saturated carbocycles. The summed E-state index contributed by atoms with van der Waals surface area (Å²) in [5.41, 5.74) is 0.867. The van der Waals surface area contributed by atoms with Gasteiger partial charge in [0.2, 0.25) is 0 Å². The van der Waals surface area contributed by atoms with Crippen molar-refractivity contribution in [3.05, 3.63) is 23.8 Å². The van der Waals surface area contributed by atoms with Gasteiger partial charge in [0.1, 0.15) is 0 Å². The van der Waals surface area contributed by atoms with Gasteiger partial charge in [-0.25, -0.2) is 0 Å². The molecule has 1 heterocycles. The lowest BCUT2D eigenvalue weighted by atomic mass is 9.82. The Balaban J connectivity index is 2.35. The van der Waals surface area contributed by atoms with E-state index in [0.717, 1.165) is 43.1 Å². The maximum Gasteiger partial charge on any atom is 0.161 e. The van der Waals surface area contributed by atoms with E-state index in [1.165, 1.54) is 0 Å². The van der Waals surface area contributed by atoms with E-state index < -0.39 is 0 Å². The molecule has 0 aromatic heterocycles. The Labute approximate surface area is 126 Å². The van der Waals surface area contributed by atoms with E-state index in [-0.39, 0.29) is 11.6 Å². The van der Waals surface area contributed by atoms with Gasteiger partial charge in [-0.3, -0.25) is 0 Å². The molecule has 0 aliphatic carbocycles. The van der Waals surface area contributed by atoms with E-state index >= 15 is 0 Å². The lowest BCUT2D eigenvalue weighted by molar-refractivity contribution is -0.110. The third kappa shape index (κ3) is 3.15. The van der Waals surface area contributed by atoms with Crippen LogP contribution in [0.2, 0.25) is 0 Å². The SMILES string of the molecule is CNC(c1ccc(OC)c(OC)c1)C1(OC)CCOCC1. The van der Waals surface area contributed by atoms with Crippen LogP contribution in [0.4, 0.5) is 0 Å². The van der Waals surface area contributed by atoms with Gasteiger partial charge in [0.25, 0.3) is 0 Å². The first kappa shape index (κ1) is 16.1. The summed E-state index contributed by atoms with van der Waals surface area (Å²) in [6.45, 7) is 1.44. The summed E-state index contributed by atoms with van der Waals surface area (Å²) in [5, 5.41) is 3.39. The lowest BCUT2D eigenvalue weighted by Crippen LogP contribution is -2.48. The summed E-state index contributed by atoms with van der Waals surface area (Å²) in [6.07, 6.45) is 1.73. The van der Waals surface area contributed by atoms with E-state index in [1.54, 1.807) is 21.3 Å². The van der Waals surface area contributed by atoms with Crippen molar-refractivity contribution in [2.75, 3.05) is 41.6 Å². The number of benzene rings is 1. The average Bonchev–Trinajstić information content (AvgIpc) is 2.56. The van der Waals surface area contributed by atoms with Crippen LogP contribution < -0.4 is 14.8 Å². The molecular formula is C16H25NO4. The average molecular weight is 295 g/mol. The van der Waals surface area contributed by atoms with Crippen molar-refractivity contribution in [2.45, 2.75) is 24.5 Å². The molecule has 1 aromatic carbocycles. The van der Waals surface area contributed by atoms with E-state index in [4.69, 9.17) is 18.9 Å². The molecule has 1 aliphatic rings. The molecule has 1 aliphatic heterocycles. The first-order chi connectivity index (χ1) is 10.2. The Bertz CT molecular complexity index is 458. The Morgan fingerprint density at radius 3 is 2.29 bits per heavy atom. The fraction of sp³-hybridized carbons (Fsp3) is 0.625. The molecule has 21 heavy (non-hydrogen) atoms. The summed E-state index contributed by atoms with van der Waals surface area (Å²) in [5.74, 6) is 1.46. The highest BCUT2D eigenvalue weighted by Gasteiger charge is 2.41. The van der Waals surface area contributed by atoms with Crippen molar-refractivity contribution >= 4 is 0 Å². The number of ether oxygens (including phenoxy) is 4. The maximum absolute atomic E-state index is 5.90. The first-order valence-electron chi connectivity index (χ1n) is 7.23. The highest BCUT2D eigenvalue weighted by Crippen LogP contribution is 2.39. The molecule has 1 unspecified atom stereocenters. The number of hydrogen-bond acceptors (Lipinski definition) is 5. The van der Waals surface area contributed by atoms with Crippen LogP contribution in [-0.2, 0) is 9.47 Å². The number of rotatable bonds is 6. The van der Waals surface area contributed by atoms with Crippen LogP contribution in [0, 0.1) is 0 Å². The summed E-state index contributed by atoms with van der Waals surface area (Å²) in [6, 6.07) is 6.07. The molecule has 0 bridgehead atoms. The summed E-state index contributed by atoms with van der Waals surface area (Å²) >= 11 is 0. The minimum absolute atomic E-state index is 0.0752. The minimum Gasteiger partial charge on any atom is -0.493 e. The van der Waals surface area contributed by atoms with Crippen LogP contribution in [0.15, 0.2) is 18.2 Å². The molecular weight excluding hydrogens is 270 g/mol. The molecule has 1 N–H and O–H groups in total. The monoisotopic (exact) mass is 295 g/mol. The maximum atomic E-state index is 5.90. The van der Waals surface area contributed by atoms with Gasteiger partial charge >= 0.3 is 0 Å². The molecule has 5 heteroatoms. The predicted molar refractivity (Wildman–Crippen MR) is 81.1 cm³/mol. The van der Waals surface area contributed by atoms with Crippen molar-refractivity contribution in [1.29, 1.82) is 0 Å². The van der Waals surface area contributed by atoms with Gasteiger partial charge in [-0.05, 0) is 24.7 Å². The Morgan fingerprint density at radius 2 is 1.76 bits per heavy atom. The number of likely N-dealkylation sites (N-methyl/N-ethyl adjacent to an activating group) is 1. The van der Waals surface area contributed by atoms with E-state index in [2.05, 4.69) is 11.4 Å². The van der Waals surface area contributed by atoms with Gasteiger partial charge in [-0.1, -0.05) is 6.07 Å². The normalized spacial score (nSPS) is 19.0. The fourth-order valence-electron chi connectivity index (χ4n) is 3.09. The van der Waals surface area contributed by atoms with Crippen molar-refractivity contribution in [2.24, 2.45) is 0 Å². The Hall–Kier alpha value is -1.30. The topological polar surface area (TPSA) is 49.0 Å². The van der Waals surface area contributed by atoms with Gasteiger partial charge in [-0.2, -0.15) is 0 Å². The van der Waals surface area contributed by atoms with Gasteiger partial charge in [0, 0.05) is 33.2 Å². The van der Waals surface area contributed by atoms with E-state index in [1.807, 2.05) is 19.2 Å². The molecule has 0 radical (unpaired) electrons. The molecule has 1 saturated heterocycles. The highest BCUT2D eigenvalue weighted by molar-refractivity contribution is 5.44. The van der Waals surface area contributed by atoms with Gasteiger partial charge < -0.3 is 24.3 Å². The third-order valence-electron chi connectivity index (χ3n) is 4.30. The fourth-order valence-corrected chi connectivity index (χ4v) is 3.09. The van der Waals surface area contributed by atoms with Gasteiger partial charge in [-0.15, -0.1) is 0 Å². The second-order valence-corrected chi connectivity index (χ2v) is 5.22. The second kappa shape index (κ2) is 7.11. The molecule has 0 amide bonds. The van der Waals surface area contributed by atoms with Crippen molar-refractivity contribution in [3.63, 3.8) is 0 Å². The predicted octanol–water partition coefficient (Wildman–Crippen LogP) is 2.16. The highest BCUT2D eigenvalue weighted by atomic mass is 16.5. The second-order valence-electron chi connectivity index (χ2n) is 5.22. The quantitative estimate of drug-likeness (QED) is 0.871. The lowest BCUT2D eigenvalue weighted by Gasteiger charge is -2.42. The molecule has 1 atom stereocenters. The summed E-state index contributed by atoms with van der Waals surface area (Å²) in [7, 11) is 7.02. The smallest absolute Gasteiger partial charge is 0.161 e. The molecule has 1 fully saturated rings. The molecule has 118 valence electrons. The summed E-state index contributed by atoms with van der Waals surface area (Å²) in [4.78, 5) is 0. The van der Waals surface area contributed by atoms with Crippen LogP contribution in [-0.4, -0.2) is 47.2 Å². The Kier molecular flexibility index (Phi) is 5.45. The zero-order valence-electron chi connectivity index (χ0n) is 13.3. The van der Waals surface area contributed by atoms with Crippen LogP contribution in [0.5, 0.6) is 11.5 Å².